The summed E-state index contributed by atoms with van der Waals surface area (Å²) in [5.74, 6) is 1.02. The van der Waals surface area contributed by atoms with Crippen LogP contribution in [0.5, 0.6) is 5.75 Å². The van der Waals surface area contributed by atoms with Crippen LogP contribution in [0, 0.1) is 0 Å². The average molecular weight is 537 g/mol. The number of hydrogen-bond donors (Lipinski definition) is 4. The van der Waals surface area contributed by atoms with Crippen LogP contribution in [0.2, 0.25) is 5.02 Å². The van der Waals surface area contributed by atoms with E-state index in [0.717, 1.165) is 46.8 Å². The lowest BCUT2D eigenvalue weighted by molar-refractivity contribution is 0.145. The molecule has 200 valence electrons. The van der Waals surface area contributed by atoms with Gasteiger partial charge in [0.05, 0.1) is 41.9 Å². The summed E-state index contributed by atoms with van der Waals surface area (Å²) in [6.45, 7) is 4.19. The van der Waals surface area contributed by atoms with E-state index in [2.05, 4.69) is 31.6 Å². The molecule has 2 aliphatic heterocycles. The monoisotopic (exact) mass is 536 g/mol. The predicted molar refractivity (Wildman–Crippen MR) is 153 cm³/mol. The van der Waals surface area contributed by atoms with Gasteiger partial charge in [-0.05, 0) is 42.7 Å². The van der Waals surface area contributed by atoms with E-state index in [1.165, 1.54) is 0 Å². The fourth-order valence-electron chi connectivity index (χ4n) is 5.10. The molecule has 0 aliphatic carbocycles. The van der Waals surface area contributed by atoms with Gasteiger partial charge in [0.25, 0.3) is 0 Å². The van der Waals surface area contributed by atoms with Crippen LogP contribution in [-0.4, -0.2) is 72.9 Å². The molecule has 0 amide bonds. The van der Waals surface area contributed by atoms with Crippen molar-refractivity contribution >= 4 is 40.8 Å². The summed E-state index contributed by atoms with van der Waals surface area (Å²) >= 11 is 6.68. The molecule has 1 atom stereocenters. The second kappa shape index (κ2) is 10.8. The zero-order valence-electron chi connectivity index (χ0n) is 21.8. The van der Waals surface area contributed by atoms with Crippen molar-refractivity contribution in [2.24, 2.45) is 4.99 Å². The first-order valence-electron chi connectivity index (χ1n) is 12.7. The van der Waals surface area contributed by atoms with E-state index in [9.17, 15) is 10.2 Å². The number of benzene rings is 2. The van der Waals surface area contributed by atoms with Crippen LogP contribution < -0.4 is 20.3 Å². The Morgan fingerprint density at radius 1 is 1.29 bits per heavy atom. The minimum absolute atomic E-state index is 0.0320. The zero-order chi connectivity index (χ0) is 26.9. The number of fused-ring (bicyclic) bond motifs is 1. The van der Waals surface area contributed by atoms with Crippen molar-refractivity contribution in [3.8, 4) is 17.0 Å². The number of aromatic nitrogens is 2. The lowest BCUT2D eigenvalue weighted by Gasteiger charge is -2.32. The molecule has 0 bridgehead atoms. The molecule has 0 saturated carbocycles. The molecule has 1 unspecified atom stereocenters. The molecule has 9 nitrogen and oxygen atoms in total. The van der Waals surface area contributed by atoms with Gasteiger partial charge in [0, 0.05) is 67.4 Å². The molecule has 1 aromatic heterocycles. The molecular weight excluding hydrogens is 504 g/mol. The molecule has 0 spiro atoms. The fourth-order valence-corrected chi connectivity index (χ4v) is 5.39. The highest BCUT2D eigenvalue weighted by Crippen LogP contribution is 2.41. The highest BCUT2D eigenvalue weighted by Gasteiger charge is 2.35. The van der Waals surface area contributed by atoms with E-state index in [1.807, 2.05) is 37.4 Å². The highest BCUT2D eigenvalue weighted by atomic mass is 35.5. The number of methoxy groups -OCH3 is 1. The molecule has 3 heterocycles. The quantitative estimate of drug-likeness (QED) is 0.332. The Morgan fingerprint density at radius 2 is 2.08 bits per heavy atom. The minimum Gasteiger partial charge on any atom is -0.494 e. The third-order valence-corrected chi connectivity index (χ3v) is 7.67. The van der Waals surface area contributed by atoms with Gasteiger partial charge in [-0.1, -0.05) is 18.5 Å². The molecule has 38 heavy (non-hydrogen) atoms. The molecule has 1 saturated heterocycles. The summed E-state index contributed by atoms with van der Waals surface area (Å²) in [6.07, 6.45) is 4.68. The summed E-state index contributed by atoms with van der Waals surface area (Å²) in [5, 5.41) is 27.2. The number of aliphatic hydroxyl groups is 2. The Hall–Kier alpha value is -3.40. The average Bonchev–Trinajstić information content (AvgIpc) is 3.27. The van der Waals surface area contributed by atoms with Gasteiger partial charge in [0.2, 0.25) is 5.95 Å². The van der Waals surface area contributed by atoms with Gasteiger partial charge < -0.3 is 30.5 Å². The SMILES string of the molecule is C/N=C\c1cc(-c2ccnc(Nc3cc(Cl)c(N4CCC(O)CC4)cc3OC)n2)cc2c1NCC2(C)CO. The minimum atomic E-state index is -0.395. The number of nitrogens with one attached hydrogen (secondary N) is 2. The van der Waals surface area contributed by atoms with Crippen LogP contribution >= 0.6 is 11.6 Å². The van der Waals surface area contributed by atoms with Crippen molar-refractivity contribution in [1.29, 1.82) is 0 Å². The Labute approximate surface area is 227 Å². The van der Waals surface area contributed by atoms with Crippen LogP contribution in [0.3, 0.4) is 0 Å². The number of hydrogen-bond acceptors (Lipinski definition) is 9. The summed E-state index contributed by atoms with van der Waals surface area (Å²) < 4.78 is 5.67. The molecule has 5 rings (SSSR count). The largest absolute Gasteiger partial charge is 0.494 e. The van der Waals surface area contributed by atoms with Gasteiger partial charge in [-0.25, -0.2) is 9.97 Å². The molecular formula is C28H33ClN6O3. The van der Waals surface area contributed by atoms with Crippen molar-refractivity contribution in [3.63, 3.8) is 0 Å². The van der Waals surface area contributed by atoms with Gasteiger partial charge in [0.15, 0.2) is 0 Å². The van der Waals surface area contributed by atoms with Crippen molar-refractivity contribution in [3.05, 3.63) is 52.7 Å². The molecule has 3 aromatic rings. The standard InChI is InChI=1S/C28H33ClN6O3/c1-28(16-36)15-32-26-18(14-30-2)10-17(11-20(26)28)22-4-7-31-27(33-22)34-23-12-21(29)24(13-25(23)38-3)35-8-5-19(37)6-9-35/h4,7,10-14,19,32,36-37H,5-6,8-9,15-16H2,1-3H3,(H,31,33,34)/b30-14-. The zero-order valence-corrected chi connectivity index (χ0v) is 22.6. The maximum absolute atomic E-state index is 10.1. The Balaban J connectivity index is 1.46. The third kappa shape index (κ3) is 5.01. The number of piperidine rings is 1. The first-order chi connectivity index (χ1) is 18.3. The highest BCUT2D eigenvalue weighted by molar-refractivity contribution is 6.33. The Kier molecular flexibility index (Phi) is 7.43. The lowest BCUT2D eigenvalue weighted by Crippen LogP contribution is -2.35. The van der Waals surface area contributed by atoms with Crippen LogP contribution in [-0.2, 0) is 5.41 Å². The maximum atomic E-state index is 10.1. The van der Waals surface area contributed by atoms with Crippen molar-refractivity contribution < 1.29 is 14.9 Å². The van der Waals surface area contributed by atoms with Crippen LogP contribution in [0.25, 0.3) is 11.3 Å². The van der Waals surface area contributed by atoms with Crippen molar-refractivity contribution in [1.82, 2.24) is 9.97 Å². The normalized spacial score (nSPS) is 19.5. The van der Waals surface area contributed by atoms with E-state index in [1.54, 1.807) is 20.4 Å². The second-order valence-electron chi connectivity index (χ2n) is 10.1. The van der Waals surface area contributed by atoms with Crippen molar-refractivity contribution in [2.45, 2.75) is 31.3 Å². The van der Waals surface area contributed by atoms with E-state index < -0.39 is 5.41 Å². The summed E-state index contributed by atoms with van der Waals surface area (Å²) in [4.78, 5) is 15.6. The maximum Gasteiger partial charge on any atom is 0.227 e. The fraction of sp³-hybridized carbons (Fsp3) is 0.393. The number of rotatable bonds is 7. The van der Waals surface area contributed by atoms with Crippen LogP contribution in [0.4, 0.5) is 23.0 Å². The van der Waals surface area contributed by atoms with E-state index in [-0.39, 0.29) is 12.7 Å². The number of halogens is 1. The Bertz CT molecular complexity index is 1360. The van der Waals surface area contributed by atoms with Gasteiger partial charge in [0.1, 0.15) is 5.75 Å². The second-order valence-corrected chi connectivity index (χ2v) is 10.5. The number of ether oxygens (including phenoxy) is 1. The molecule has 10 heteroatoms. The first-order valence-corrected chi connectivity index (χ1v) is 13.1. The van der Waals surface area contributed by atoms with Gasteiger partial charge in [-0.2, -0.15) is 0 Å². The van der Waals surface area contributed by atoms with E-state index in [0.29, 0.717) is 41.8 Å². The van der Waals surface area contributed by atoms with Gasteiger partial charge in [-0.3, -0.25) is 4.99 Å². The molecule has 2 aromatic carbocycles. The topological polar surface area (TPSA) is 115 Å². The smallest absolute Gasteiger partial charge is 0.227 e. The number of anilines is 4. The predicted octanol–water partition coefficient (Wildman–Crippen LogP) is 4.23. The third-order valence-electron chi connectivity index (χ3n) is 7.36. The van der Waals surface area contributed by atoms with Crippen LogP contribution in [0.15, 0.2) is 41.5 Å². The number of nitrogens with zero attached hydrogens (tertiary/aromatic N) is 4. The molecule has 4 N–H and O–H groups in total. The van der Waals surface area contributed by atoms with Crippen LogP contribution in [0.1, 0.15) is 30.9 Å². The van der Waals surface area contributed by atoms with E-state index >= 15 is 0 Å². The first kappa shape index (κ1) is 26.2. The Morgan fingerprint density at radius 3 is 2.79 bits per heavy atom. The number of aliphatic imine (C=N–C) groups is 1. The summed E-state index contributed by atoms with van der Waals surface area (Å²) in [7, 11) is 3.35. The van der Waals surface area contributed by atoms with Gasteiger partial charge in [-0.15, -0.1) is 0 Å². The molecule has 0 radical (unpaired) electrons. The number of aliphatic hydroxyl groups excluding tert-OH is 2. The lowest BCUT2D eigenvalue weighted by atomic mass is 9.83. The van der Waals surface area contributed by atoms with Crippen molar-refractivity contribution in [2.75, 3.05) is 55.9 Å². The molecule has 1 fully saturated rings. The van der Waals surface area contributed by atoms with E-state index in [4.69, 9.17) is 21.3 Å². The molecule has 2 aliphatic rings. The van der Waals surface area contributed by atoms with Gasteiger partial charge >= 0.3 is 0 Å². The summed E-state index contributed by atoms with van der Waals surface area (Å²) in [5.41, 5.74) is 5.74. The summed E-state index contributed by atoms with van der Waals surface area (Å²) in [6, 6.07) is 9.70.